The smallest absolute Gasteiger partial charge is 0.263 e. The molecule has 35 heavy (non-hydrogen) atoms. The molecule has 2 aromatic heterocycles. The first-order chi connectivity index (χ1) is 16.6. The molecule has 1 aliphatic heterocycles. The summed E-state index contributed by atoms with van der Waals surface area (Å²) >= 11 is 0. The second kappa shape index (κ2) is 8.33. The van der Waals surface area contributed by atoms with Crippen molar-refractivity contribution in [2.75, 3.05) is 4.72 Å². The van der Waals surface area contributed by atoms with Crippen molar-refractivity contribution in [2.45, 2.75) is 38.4 Å². The van der Waals surface area contributed by atoms with Gasteiger partial charge in [-0.15, -0.1) is 0 Å². The van der Waals surface area contributed by atoms with Gasteiger partial charge in [-0.2, -0.15) is 9.40 Å². The maximum atomic E-state index is 12.9. The topological polar surface area (TPSA) is 127 Å². The number of fused-ring (bicyclic) bond motifs is 2. The summed E-state index contributed by atoms with van der Waals surface area (Å²) in [7, 11) is -7.32. The van der Waals surface area contributed by atoms with Crippen molar-refractivity contribution in [3.63, 3.8) is 0 Å². The van der Waals surface area contributed by atoms with Crippen LogP contribution in [0.5, 0.6) is 0 Å². The number of hydrogen-bond acceptors (Lipinski definition) is 7. The average molecular weight is 514 g/mol. The normalized spacial score (nSPS) is 14.3. The number of rotatable bonds is 7. The number of aromatic nitrogens is 3. The highest BCUT2D eigenvalue weighted by Gasteiger charge is 2.29. The molecule has 3 heterocycles. The standard InChI is InChI=1S/C23H23N5O5S2/c1-4-34(29,30)28-13-18-12-27(24-19(18)14-28)11-17-9-16(3)22-20(10-17)33-25-23(22)26-35(31,32)21-8-6-5-7-15(21)2/h4-10,12H,1,11,13-14H2,2-3H3,(H,25,26). The minimum absolute atomic E-state index is 0.133. The zero-order chi connectivity index (χ0) is 25.0. The van der Waals surface area contributed by atoms with Crippen LogP contribution in [-0.4, -0.2) is 36.1 Å². The molecule has 0 unspecified atom stereocenters. The summed E-state index contributed by atoms with van der Waals surface area (Å²) in [6, 6.07) is 10.4. The van der Waals surface area contributed by atoms with Gasteiger partial charge in [0.05, 0.1) is 29.1 Å². The molecule has 0 atom stereocenters. The number of nitrogens with one attached hydrogen (secondary N) is 1. The molecule has 1 N–H and O–H groups in total. The fourth-order valence-electron chi connectivity index (χ4n) is 4.28. The second-order valence-electron chi connectivity index (χ2n) is 8.47. The van der Waals surface area contributed by atoms with Crippen molar-refractivity contribution in [1.29, 1.82) is 0 Å². The third-order valence-electron chi connectivity index (χ3n) is 5.96. The Morgan fingerprint density at radius 1 is 1.11 bits per heavy atom. The molecule has 1 aliphatic rings. The Balaban J connectivity index is 1.38. The average Bonchev–Trinajstić information content (AvgIpc) is 3.47. The highest BCUT2D eigenvalue weighted by molar-refractivity contribution is 7.92. The zero-order valence-corrected chi connectivity index (χ0v) is 20.7. The third kappa shape index (κ3) is 4.24. The Kier molecular flexibility index (Phi) is 5.54. The largest absolute Gasteiger partial charge is 0.354 e. The summed E-state index contributed by atoms with van der Waals surface area (Å²) in [5.41, 5.74) is 4.32. The molecular weight excluding hydrogens is 490 g/mol. The summed E-state index contributed by atoms with van der Waals surface area (Å²) in [4.78, 5) is 0.177. The van der Waals surface area contributed by atoms with Gasteiger partial charge in [-0.25, -0.2) is 16.8 Å². The monoisotopic (exact) mass is 513 g/mol. The Morgan fingerprint density at radius 2 is 1.89 bits per heavy atom. The van der Waals surface area contributed by atoms with Crippen LogP contribution < -0.4 is 4.72 Å². The Labute approximate surface area is 202 Å². The van der Waals surface area contributed by atoms with E-state index in [1.807, 2.05) is 19.2 Å². The molecule has 0 aliphatic carbocycles. The van der Waals surface area contributed by atoms with E-state index < -0.39 is 20.0 Å². The van der Waals surface area contributed by atoms with Crippen LogP contribution >= 0.6 is 0 Å². The lowest BCUT2D eigenvalue weighted by molar-refractivity contribution is 0.430. The van der Waals surface area contributed by atoms with E-state index in [9.17, 15) is 16.8 Å². The van der Waals surface area contributed by atoms with Gasteiger partial charge < -0.3 is 4.52 Å². The molecule has 0 radical (unpaired) electrons. The number of benzene rings is 2. The fraction of sp³-hybridized carbons (Fsp3) is 0.217. The van der Waals surface area contributed by atoms with Crippen LogP contribution in [0.1, 0.15) is 27.9 Å². The number of sulfonamides is 2. The van der Waals surface area contributed by atoms with Gasteiger partial charge in [-0.3, -0.25) is 9.40 Å². The van der Waals surface area contributed by atoms with Crippen molar-refractivity contribution >= 4 is 36.8 Å². The van der Waals surface area contributed by atoms with E-state index in [0.717, 1.165) is 22.1 Å². The van der Waals surface area contributed by atoms with Gasteiger partial charge in [0.25, 0.3) is 10.0 Å². The molecule has 10 nitrogen and oxygen atoms in total. The van der Waals surface area contributed by atoms with Crippen molar-refractivity contribution in [2.24, 2.45) is 0 Å². The van der Waals surface area contributed by atoms with Crippen LogP contribution in [0.4, 0.5) is 5.82 Å². The lowest BCUT2D eigenvalue weighted by Crippen LogP contribution is -2.23. The summed E-state index contributed by atoms with van der Waals surface area (Å²) in [6.07, 6.45) is 1.83. The lowest BCUT2D eigenvalue weighted by atomic mass is 10.1. The SMILES string of the molecule is C=CS(=O)(=O)N1Cc2cn(Cc3cc(C)c4c(NS(=O)(=O)c5ccccc5C)noc4c3)nc2C1. The van der Waals surface area contributed by atoms with Crippen molar-refractivity contribution in [3.8, 4) is 0 Å². The summed E-state index contributed by atoms with van der Waals surface area (Å²) in [5, 5.41) is 10.0. The van der Waals surface area contributed by atoms with Crippen LogP contribution in [0.25, 0.3) is 11.0 Å². The van der Waals surface area contributed by atoms with E-state index >= 15 is 0 Å². The predicted molar refractivity (Wildman–Crippen MR) is 130 cm³/mol. The van der Waals surface area contributed by atoms with Gasteiger partial charge in [-0.1, -0.05) is 36.0 Å². The number of nitrogens with zero attached hydrogens (tertiary/aromatic N) is 4. The van der Waals surface area contributed by atoms with Gasteiger partial charge in [0.2, 0.25) is 10.0 Å². The summed E-state index contributed by atoms with van der Waals surface area (Å²) < 4.78 is 60.9. The van der Waals surface area contributed by atoms with Crippen molar-refractivity contribution in [1.82, 2.24) is 19.2 Å². The molecule has 5 rings (SSSR count). The van der Waals surface area contributed by atoms with Crippen LogP contribution in [0.3, 0.4) is 0 Å². The molecule has 0 fully saturated rings. The summed E-state index contributed by atoms with van der Waals surface area (Å²) in [6.45, 7) is 7.85. The lowest BCUT2D eigenvalue weighted by Gasteiger charge is -2.12. The minimum Gasteiger partial charge on any atom is -0.354 e. The Bertz CT molecular complexity index is 1660. The Hall–Kier alpha value is -3.48. The number of hydrogen-bond donors (Lipinski definition) is 1. The van der Waals surface area contributed by atoms with Crippen LogP contribution in [0, 0.1) is 13.8 Å². The summed E-state index contributed by atoms with van der Waals surface area (Å²) in [5.74, 6) is 0.133. The van der Waals surface area contributed by atoms with E-state index in [-0.39, 0.29) is 23.8 Å². The van der Waals surface area contributed by atoms with E-state index in [1.165, 1.54) is 4.31 Å². The molecule has 0 bridgehead atoms. The van der Waals surface area contributed by atoms with Crippen LogP contribution in [0.2, 0.25) is 0 Å². The first-order valence-corrected chi connectivity index (χ1v) is 13.7. The molecule has 4 aromatic rings. The van der Waals surface area contributed by atoms with Gasteiger partial charge >= 0.3 is 0 Å². The van der Waals surface area contributed by atoms with Gasteiger partial charge in [0.15, 0.2) is 11.4 Å². The molecule has 12 heteroatoms. The first-order valence-electron chi connectivity index (χ1n) is 10.7. The highest BCUT2D eigenvalue weighted by atomic mass is 32.2. The zero-order valence-electron chi connectivity index (χ0n) is 19.1. The van der Waals surface area contributed by atoms with Crippen LogP contribution in [-0.2, 0) is 39.7 Å². The third-order valence-corrected chi connectivity index (χ3v) is 8.86. The van der Waals surface area contributed by atoms with E-state index in [2.05, 4.69) is 21.6 Å². The maximum absolute atomic E-state index is 12.9. The molecule has 2 aromatic carbocycles. The van der Waals surface area contributed by atoms with Gasteiger partial charge in [-0.05, 0) is 42.7 Å². The molecule has 0 saturated heterocycles. The molecule has 0 spiro atoms. The minimum atomic E-state index is -3.84. The second-order valence-corrected chi connectivity index (χ2v) is 12.0. The predicted octanol–water partition coefficient (Wildman–Crippen LogP) is 3.28. The van der Waals surface area contributed by atoms with Gasteiger partial charge in [0, 0.05) is 23.7 Å². The quantitative estimate of drug-likeness (QED) is 0.402. The molecular formula is C23H23N5O5S2. The van der Waals surface area contributed by atoms with E-state index in [1.54, 1.807) is 41.9 Å². The van der Waals surface area contributed by atoms with Crippen LogP contribution in [0.15, 0.2) is 64.0 Å². The maximum Gasteiger partial charge on any atom is 0.263 e. The molecule has 0 saturated carbocycles. The van der Waals surface area contributed by atoms with E-state index in [4.69, 9.17) is 4.52 Å². The highest BCUT2D eigenvalue weighted by Crippen LogP contribution is 2.31. The molecule has 0 amide bonds. The molecule has 182 valence electrons. The fourth-order valence-corrected chi connectivity index (χ4v) is 6.36. The first kappa shape index (κ1) is 23.3. The number of aryl methyl sites for hydroxylation is 2. The number of anilines is 1. The Morgan fingerprint density at radius 3 is 2.60 bits per heavy atom. The van der Waals surface area contributed by atoms with Gasteiger partial charge in [0.1, 0.15) is 0 Å². The van der Waals surface area contributed by atoms with E-state index in [0.29, 0.717) is 28.8 Å². The van der Waals surface area contributed by atoms with Crippen molar-refractivity contribution in [3.05, 3.63) is 82.5 Å². The van der Waals surface area contributed by atoms with Crippen molar-refractivity contribution < 1.29 is 21.4 Å².